The summed E-state index contributed by atoms with van der Waals surface area (Å²) in [6, 6.07) is 8.75. The number of primary sulfonamides is 1. The molecule has 1 atom stereocenters. The van der Waals surface area contributed by atoms with Crippen molar-refractivity contribution in [3.05, 3.63) is 47.3 Å². The highest BCUT2D eigenvalue weighted by atomic mass is 32.2. The molecule has 7 heteroatoms. The first-order chi connectivity index (χ1) is 12.7. The van der Waals surface area contributed by atoms with Crippen molar-refractivity contribution in [3.8, 4) is 5.69 Å². The SMILES string of the molecule is Cc1cc(C(=O)CN2CCCCC2C)c(C)n1-c1ccc(S(N)(=O)=O)cc1. The van der Waals surface area contributed by atoms with Gasteiger partial charge in [-0.3, -0.25) is 9.69 Å². The van der Waals surface area contributed by atoms with E-state index in [0.717, 1.165) is 42.0 Å². The van der Waals surface area contributed by atoms with Crippen LogP contribution in [0.3, 0.4) is 0 Å². The Morgan fingerprint density at radius 3 is 2.44 bits per heavy atom. The van der Waals surface area contributed by atoms with E-state index in [2.05, 4.69) is 11.8 Å². The highest BCUT2D eigenvalue weighted by molar-refractivity contribution is 7.89. The van der Waals surface area contributed by atoms with Gasteiger partial charge in [0.1, 0.15) is 0 Å². The number of carbonyl (C=O) groups excluding carboxylic acids is 1. The van der Waals surface area contributed by atoms with Crippen LogP contribution in [0.25, 0.3) is 5.69 Å². The van der Waals surface area contributed by atoms with Crippen LogP contribution in [0.1, 0.15) is 47.9 Å². The smallest absolute Gasteiger partial charge is 0.238 e. The number of benzene rings is 1. The van der Waals surface area contributed by atoms with Gasteiger partial charge in [0.15, 0.2) is 5.78 Å². The number of aryl methyl sites for hydroxylation is 1. The molecule has 146 valence electrons. The molecule has 2 aromatic rings. The lowest BCUT2D eigenvalue weighted by Gasteiger charge is -2.32. The summed E-state index contributed by atoms with van der Waals surface area (Å²) in [6.45, 7) is 7.47. The van der Waals surface area contributed by atoms with Crippen LogP contribution in [0.15, 0.2) is 35.2 Å². The second-order valence-corrected chi connectivity index (χ2v) is 8.96. The van der Waals surface area contributed by atoms with E-state index in [1.165, 1.54) is 18.6 Å². The van der Waals surface area contributed by atoms with E-state index in [1.54, 1.807) is 12.1 Å². The molecule has 1 aliphatic rings. The molecule has 0 amide bonds. The van der Waals surface area contributed by atoms with Gasteiger partial charge in [0.25, 0.3) is 0 Å². The normalized spacial score (nSPS) is 18.6. The number of nitrogens with zero attached hydrogens (tertiary/aromatic N) is 2. The van der Waals surface area contributed by atoms with Gasteiger partial charge in [-0.15, -0.1) is 0 Å². The molecule has 2 N–H and O–H groups in total. The van der Waals surface area contributed by atoms with Crippen LogP contribution < -0.4 is 5.14 Å². The van der Waals surface area contributed by atoms with E-state index >= 15 is 0 Å². The number of Topliss-reactive ketones (excluding diaryl/α,β-unsaturated/α-hetero) is 1. The largest absolute Gasteiger partial charge is 0.318 e. The van der Waals surface area contributed by atoms with Gasteiger partial charge in [-0.1, -0.05) is 6.42 Å². The van der Waals surface area contributed by atoms with Crippen LogP contribution in [-0.4, -0.2) is 42.8 Å². The molecular formula is C20H27N3O3S. The Morgan fingerprint density at radius 2 is 1.85 bits per heavy atom. The molecule has 0 bridgehead atoms. The summed E-state index contributed by atoms with van der Waals surface area (Å²) in [4.78, 5) is 15.2. The number of nitrogens with two attached hydrogens (primary N) is 1. The van der Waals surface area contributed by atoms with Crippen molar-refractivity contribution in [2.24, 2.45) is 5.14 Å². The molecule has 27 heavy (non-hydrogen) atoms. The molecule has 1 fully saturated rings. The molecule has 1 aliphatic heterocycles. The number of piperidine rings is 1. The maximum atomic E-state index is 12.9. The van der Waals surface area contributed by atoms with Crippen LogP contribution in [0.4, 0.5) is 0 Å². The van der Waals surface area contributed by atoms with Crippen LogP contribution in [0, 0.1) is 13.8 Å². The molecule has 0 spiro atoms. The van der Waals surface area contributed by atoms with E-state index in [-0.39, 0.29) is 10.7 Å². The van der Waals surface area contributed by atoms with Crippen LogP contribution in [0.2, 0.25) is 0 Å². The number of sulfonamides is 1. The monoisotopic (exact) mass is 389 g/mol. The molecule has 2 heterocycles. The van der Waals surface area contributed by atoms with Gasteiger partial charge in [-0.05, 0) is 70.5 Å². The van der Waals surface area contributed by atoms with Gasteiger partial charge < -0.3 is 4.57 Å². The predicted molar refractivity (Wildman–Crippen MR) is 106 cm³/mol. The van der Waals surface area contributed by atoms with E-state index in [9.17, 15) is 13.2 Å². The Morgan fingerprint density at radius 1 is 1.19 bits per heavy atom. The number of ketones is 1. The van der Waals surface area contributed by atoms with Crippen molar-refractivity contribution in [1.82, 2.24) is 9.47 Å². The molecule has 6 nitrogen and oxygen atoms in total. The molecule has 1 unspecified atom stereocenters. The van der Waals surface area contributed by atoms with Gasteiger partial charge in [-0.2, -0.15) is 0 Å². The summed E-state index contributed by atoms with van der Waals surface area (Å²) in [6.07, 6.45) is 3.52. The minimum Gasteiger partial charge on any atom is -0.318 e. The fourth-order valence-electron chi connectivity index (χ4n) is 3.89. The Balaban J connectivity index is 1.87. The number of likely N-dealkylation sites (tertiary alicyclic amines) is 1. The molecule has 1 aromatic heterocycles. The van der Waals surface area contributed by atoms with E-state index in [1.807, 2.05) is 24.5 Å². The van der Waals surface area contributed by atoms with Crippen LogP contribution in [0.5, 0.6) is 0 Å². The summed E-state index contributed by atoms with van der Waals surface area (Å²) in [5.41, 5.74) is 3.33. The Hall–Kier alpha value is -1.96. The van der Waals surface area contributed by atoms with Crippen molar-refractivity contribution in [1.29, 1.82) is 0 Å². The number of hydrogen-bond acceptors (Lipinski definition) is 4. The predicted octanol–water partition coefficient (Wildman–Crippen LogP) is 2.80. The first kappa shape index (κ1) is 19.8. The van der Waals surface area contributed by atoms with Crippen LogP contribution in [-0.2, 0) is 10.0 Å². The molecule has 3 rings (SSSR count). The topological polar surface area (TPSA) is 85.4 Å². The maximum Gasteiger partial charge on any atom is 0.238 e. The first-order valence-corrected chi connectivity index (χ1v) is 10.8. The minimum absolute atomic E-state index is 0.0732. The standard InChI is InChI=1S/C20H27N3O3S/c1-14-6-4-5-11-22(14)13-20(24)19-12-15(2)23(16(19)3)17-7-9-18(10-8-17)27(21,25)26/h7-10,12,14H,4-6,11,13H2,1-3H3,(H2,21,25,26). The second kappa shape index (κ2) is 7.58. The number of aromatic nitrogens is 1. The van der Waals surface area contributed by atoms with E-state index < -0.39 is 10.0 Å². The fraction of sp³-hybridized carbons (Fsp3) is 0.450. The van der Waals surface area contributed by atoms with Crippen molar-refractivity contribution in [2.45, 2.75) is 51.0 Å². The van der Waals surface area contributed by atoms with Gasteiger partial charge in [0, 0.05) is 28.7 Å². The molecule has 1 aromatic carbocycles. The van der Waals surface area contributed by atoms with Crippen molar-refractivity contribution >= 4 is 15.8 Å². The third-order valence-electron chi connectivity index (χ3n) is 5.44. The summed E-state index contributed by atoms with van der Waals surface area (Å²) in [5.74, 6) is 0.129. The third kappa shape index (κ3) is 4.15. The molecular weight excluding hydrogens is 362 g/mol. The Kier molecular flexibility index (Phi) is 5.55. The summed E-state index contributed by atoms with van der Waals surface area (Å²) in [7, 11) is -3.72. The van der Waals surface area contributed by atoms with Crippen LogP contribution >= 0.6 is 0 Å². The van der Waals surface area contributed by atoms with Crippen molar-refractivity contribution in [2.75, 3.05) is 13.1 Å². The van der Waals surface area contributed by atoms with Gasteiger partial charge in [0.2, 0.25) is 10.0 Å². The minimum atomic E-state index is -3.72. The summed E-state index contributed by atoms with van der Waals surface area (Å²) < 4.78 is 24.9. The third-order valence-corrected chi connectivity index (χ3v) is 6.37. The fourth-order valence-corrected chi connectivity index (χ4v) is 4.40. The number of hydrogen-bond donors (Lipinski definition) is 1. The van der Waals surface area contributed by atoms with E-state index in [4.69, 9.17) is 5.14 Å². The number of carbonyl (C=O) groups is 1. The lowest BCUT2D eigenvalue weighted by atomic mass is 10.0. The lowest BCUT2D eigenvalue weighted by Crippen LogP contribution is -2.40. The Labute approximate surface area is 161 Å². The van der Waals surface area contributed by atoms with Gasteiger partial charge >= 0.3 is 0 Å². The molecule has 0 aliphatic carbocycles. The lowest BCUT2D eigenvalue weighted by molar-refractivity contribution is 0.0859. The number of rotatable bonds is 5. The zero-order valence-electron chi connectivity index (χ0n) is 16.1. The zero-order chi connectivity index (χ0) is 19.8. The molecule has 0 saturated carbocycles. The zero-order valence-corrected chi connectivity index (χ0v) is 16.9. The van der Waals surface area contributed by atoms with Crippen molar-refractivity contribution < 1.29 is 13.2 Å². The maximum absolute atomic E-state index is 12.9. The summed E-state index contributed by atoms with van der Waals surface area (Å²) >= 11 is 0. The summed E-state index contributed by atoms with van der Waals surface area (Å²) in [5, 5.41) is 5.17. The second-order valence-electron chi connectivity index (χ2n) is 7.40. The Bertz CT molecular complexity index is 946. The quantitative estimate of drug-likeness (QED) is 0.797. The average molecular weight is 390 g/mol. The highest BCUT2D eigenvalue weighted by Gasteiger charge is 2.23. The molecule has 1 saturated heterocycles. The average Bonchev–Trinajstić information content (AvgIpc) is 2.91. The van der Waals surface area contributed by atoms with Gasteiger partial charge in [-0.25, -0.2) is 13.6 Å². The van der Waals surface area contributed by atoms with Crippen molar-refractivity contribution in [3.63, 3.8) is 0 Å². The highest BCUT2D eigenvalue weighted by Crippen LogP contribution is 2.24. The first-order valence-electron chi connectivity index (χ1n) is 9.28. The van der Waals surface area contributed by atoms with Gasteiger partial charge in [0.05, 0.1) is 11.4 Å². The molecule has 0 radical (unpaired) electrons. The van der Waals surface area contributed by atoms with E-state index in [0.29, 0.717) is 12.6 Å².